The van der Waals surface area contributed by atoms with E-state index in [2.05, 4.69) is 10.4 Å². The molecule has 0 aliphatic heterocycles. The van der Waals surface area contributed by atoms with Gasteiger partial charge in [0.15, 0.2) is 0 Å². The lowest BCUT2D eigenvalue weighted by Gasteiger charge is -2.18. The van der Waals surface area contributed by atoms with Crippen LogP contribution in [0.3, 0.4) is 0 Å². The summed E-state index contributed by atoms with van der Waals surface area (Å²) in [5.41, 5.74) is 6.82. The largest absolute Gasteiger partial charge is 0.326 e. The van der Waals surface area contributed by atoms with Gasteiger partial charge in [-0.25, -0.2) is 4.68 Å². The van der Waals surface area contributed by atoms with E-state index in [0.717, 1.165) is 0 Å². The molecule has 0 radical (unpaired) electrons. The van der Waals surface area contributed by atoms with E-state index in [1.54, 1.807) is 41.3 Å². The summed E-state index contributed by atoms with van der Waals surface area (Å²) in [5.74, 6) is -0.0933. The monoisotopic (exact) mass is 306 g/mol. The number of para-hydroxylation sites is 1. The van der Waals surface area contributed by atoms with Gasteiger partial charge in [-0.2, -0.15) is 5.10 Å². The fourth-order valence-electron chi connectivity index (χ4n) is 1.90. The van der Waals surface area contributed by atoms with Crippen LogP contribution in [0.1, 0.15) is 26.7 Å². The Morgan fingerprint density at radius 3 is 2.81 bits per heavy atom. The van der Waals surface area contributed by atoms with Crippen LogP contribution in [-0.4, -0.2) is 21.2 Å². The number of halogens is 1. The van der Waals surface area contributed by atoms with Gasteiger partial charge in [-0.3, -0.25) is 4.79 Å². The second kappa shape index (κ2) is 6.28. The number of rotatable bonds is 5. The molecule has 0 bridgehead atoms. The number of nitrogens with zero attached hydrogens (tertiary/aromatic N) is 2. The van der Waals surface area contributed by atoms with Gasteiger partial charge >= 0.3 is 0 Å². The molecule has 0 saturated heterocycles. The number of aromatic nitrogens is 2. The molecule has 0 saturated carbocycles. The molecule has 0 fully saturated rings. The van der Waals surface area contributed by atoms with Crippen molar-refractivity contribution < 1.29 is 4.79 Å². The number of carbonyl (C=O) groups is 1. The number of hydrogen-bond donors (Lipinski definition) is 2. The molecule has 1 amide bonds. The van der Waals surface area contributed by atoms with Gasteiger partial charge < -0.3 is 11.1 Å². The zero-order valence-corrected chi connectivity index (χ0v) is 12.9. The van der Waals surface area contributed by atoms with Crippen LogP contribution in [-0.2, 0) is 4.79 Å². The van der Waals surface area contributed by atoms with E-state index >= 15 is 0 Å². The van der Waals surface area contributed by atoms with Crippen LogP contribution in [0.2, 0.25) is 5.02 Å². The molecular formula is C15H19ClN4O. The van der Waals surface area contributed by atoms with Gasteiger partial charge in [0.1, 0.15) is 5.69 Å². The van der Waals surface area contributed by atoms with E-state index in [1.807, 2.05) is 13.8 Å². The third-order valence-corrected chi connectivity index (χ3v) is 3.30. The van der Waals surface area contributed by atoms with Crippen molar-refractivity contribution in [2.24, 2.45) is 5.73 Å². The summed E-state index contributed by atoms with van der Waals surface area (Å²) < 4.78 is 1.63. The molecular weight excluding hydrogens is 288 g/mol. The Balaban J connectivity index is 2.17. The number of nitrogens with two attached hydrogens (primary N) is 1. The summed E-state index contributed by atoms with van der Waals surface area (Å²) in [6.45, 7) is 3.80. The molecule has 1 aromatic carbocycles. The number of anilines is 1. The predicted molar refractivity (Wildman–Crippen MR) is 84.7 cm³/mol. The van der Waals surface area contributed by atoms with Crippen LogP contribution in [0.25, 0.3) is 5.69 Å². The van der Waals surface area contributed by atoms with E-state index in [9.17, 15) is 4.79 Å². The number of benzene rings is 1. The smallest absolute Gasteiger partial charge is 0.224 e. The quantitative estimate of drug-likeness (QED) is 0.892. The Hall–Kier alpha value is -1.85. The zero-order chi connectivity index (χ0) is 15.5. The second-order valence-electron chi connectivity index (χ2n) is 5.62. The molecule has 0 atom stereocenters. The minimum atomic E-state index is -0.365. The molecule has 21 heavy (non-hydrogen) atoms. The fraction of sp³-hybridized carbons (Fsp3) is 0.333. The maximum atomic E-state index is 12.1. The van der Waals surface area contributed by atoms with Crippen LogP contribution >= 0.6 is 11.6 Å². The summed E-state index contributed by atoms with van der Waals surface area (Å²) in [6.07, 6.45) is 4.40. The van der Waals surface area contributed by atoms with Crippen molar-refractivity contribution in [3.05, 3.63) is 41.7 Å². The minimum Gasteiger partial charge on any atom is -0.326 e. The maximum Gasteiger partial charge on any atom is 0.224 e. The van der Waals surface area contributed by atoms with Gasteiger partial charge in [-0.05, 0) is 38.5 Å². The lowest BCUT2D eigenvalue weighted by atomic mass is 10.00. The van der Waals surface area contributed by atoms with Crippen LogP contribution in [0.4, 0.5) is 5.69 Å². The van der Waals surface area contributed by atoms with Gasteiger partial charge in [0.25, 0.3) is 0 Å². The van der Waals surface area contributed by atoms with Gasteiger partial charge in [0, 0.05) is 24.4 Å². The zero-order valence-electron chi connectivity index (χ0n) is 12.1. The van der Waals surface area contributed by atoms with Crippen molar-refractivity contribution in [3.63, 3.8) is 0 Å². The Morgan fingerprint density at radius 2 is 2.19 bits per heavy atom. The van der Waals surface area contributed by atoms with E-state index in [1.165, 1.54) is 0 Å². The molecule has 5 nitrogen and oxygen atoms in total. The first kappa shape index (κ1) is 15.5. The first-order valence-corrected chi connectivity index (χ1v) is 7.12. The molecule has 1 heterocycles. The highest BCUT2D eigenvalue weighted by atomic mass is 35.5. The normalized spacial score (nSPS) is 11.4. The third-order valence-electron chi connectivity index (χ3n) is 2.99. The van der Waals surface area contributed by atoms with Gasteiger partial charge in [-0.1, -0.05) is 17.7 Å². The second-order valence-corrected chi connectivity index (χ2v) is 6.03. The SMILES string of the molecule is CC(C)(N)CCC(=O)Nc1cccc(Cl)c1-n1cccn1. The molecule has 0 spiro atoms. The maximum absolute atomic E-state index is 12.1. The Kier molecular flexibility index (Phi) is 4.65. The number of hydrogen-bond acceptors (Lipinski definition) is 3. The molecule has 3 N–H and O–H groups in total. The van der Waals surface area contributed by atoms with Gasteiger partial charge in [0.05, 0.1) is 10.7 Å². The number of amides is 1. The standard InChI is InChI=1S/C15H19ClN4O/c1-15(2,17)8-7-13(21)19-12-6-3-5-11(16)14(12)20-10-4-9-18-20/h3-6,9-10H,7-8,17H2,1-2H3,(H,19,21). The first-order valence-electron chi connectivity index (χ1n) is 6.74. The van der Waals surface area contributed by atoms with Crippen molar-refractivity contribution >= 4 is 23.2 Å². The summed E-state index contributed by atoms with van der Waals surface area (Å²) in [5, 5.41) is 7.56. The lowest BCUT2D eigenvalue weighted by molar-refractivity contribution is -0.116. The summed E-state index contributed by atoms with van der Waals surface area (Å²) in [6, 6.07) is 7.15. The number of carbonyl (C=O) groups excluding carboxylic acids is 1. The first-order chi connectivity index (χ1) is 9.87. The Bertz CT molecular complexity index is 617. The van der Waals surface area contributed by atoms with E-state index in [4.69, 9.17) is 17.3 Å². The molecule has 2 aromatic rings. The molecule has 0 unspecified atom stereocenters. The van der Waals surface area contributed by atoms with Gasteiger partial charge in [-0.15, -0.1) is 0 Å². The topological polar surface area (TPSA) is 72.9 Å². The average Bonchev–Trinajstić information content (AvgIpc) is 2.89. The van der Waals surface area contributed by atoms with Crippen molar-refractivity contribution in [1.29, 1.82) is 0 Å². The van der Waals surface area contributed by atoms with Crippen LogP contribution in [0.5, 0.6) is 0 Å². The van der Waals surface area contributed by atoms with Crippen LogP contribution in [0, 0.1) is 0 Å². The van der Waals surface area contributed by atoms with Crippen molar-refractivity contribution in [2.75, 3.05) is 5.32 Å². The third kappa shape index (κ3) is 4.31. The van der Waals surface area contributed by atoms with E-state index in [-0.39, 0.29) is 11.4 Å². The summed E-state index contributed by atoms with van der Waals surface area (Å²) >= 11 is 6.22. The minimum absolute atomic E-state index is 0.0933. The predicted octanol–water partition coefficient (Wildman–Crippen LogP) is 2.98. The summed E-state index contributed by atoms with van der Waals surface area (Å²) in [7, 11) is 0. The average molecular weight is 307 g/mol. The Labute approximate surface area is 129 Å². The van der Waals surface area contributed by atoms with Gasteiger partial charge in [0.2, 0.25) is 5.91 Å². The fourth-order valence-corrected chi connectivity index (χ4v) is 2.16. The van der Waals surface area contributed by atoms with Crippen LogP contribution < -0.4 is 11.1 Å². The molecule has 2 rings (SSSR count). The molecule has 6 heteroatoms. The van der Waals surface area contributed by atoms with Crippen molar-refractivity contribution in [2.45, 2.75) is 32.2 Å². The van der Waals surface area contributed by atoms with Crippen LogP contribution in [0.15, 0.2) is 36.7 Å². The van der Waals surface area contributed by atoms with E-state index < -0.39 is 0 Å². The molecule has 0 aliphatic carbocycles. The molecule has 112 valence electrons. The highest BCUT2D eigenvalue weighted by Gasteiger charge is 2.15. The highest BCUT2D eigenvalue weighted by Crippen LogP contribution is 2.28. The Morgan fingerprint density at radius 1 is 1.43 bits per heavy atom. The molecule has 1 aromatic heterocycles. The van der Waals surface area contributed by atoms with Crippen molar-refractivity contribution in [3.8, 4) is 5.69 Å². The van der Waals surface area contributed by atoms with Crippen molar-refractivity contribution in [1.82, 2.24) is 9.78 Å². The molecule has 0 aliphatic rings. The van der Waals surface area contributed by atoms with E-state index in [0.29, 0.717) is 29.2 Å². The lowest BCUT2D eigenvalue weighted by Crippen LogP contribution is -2.33. The highest BCUT2D eigenvalue weighted by molar-refractivity contribution is 6.33. The summed E-state index contributed by atoms with van der Waals surface area (Å²) in [4.78, 5) is 12.1. The number of nitrogens with one attached hydrogen (secondary N) is 1.